The van der Waals surface area contributed by atoms with Crippen LogP contribution in [0.25, 0.3) is 22.3 Å². The van der Waals surface area contributed by atoms with Crippen LogP contribution in [-0.4, -0.2) is 40.1 Å². The zero-order chi connectivity index (χ0) is 22.7. The Bertz CT molecular complexity index is 1310. The van der Waals surface area contributed by atoms with E-state index in [0.717, 1.165) is 27.8 Å². The zero-order valence-electron chi connectivity index (χ0n) is 18.2. The van der Waals surface area contributed by atoms with Crippen molar-refractivity contribution in [3.8, 4) is 17.1 Å². The summed E-state index contributed by atoms with van der Waals surface area (Å²) in [5.41, 5.74) is 2.87. The van der Waals surface area contributed by atoms with Gasteiger partial charge >= 0.3 is 0 Å². The molecule has 0 saturated heterocycles. The van der Waals surface area contributed by atoms with Crippen LogP contribution < -0.4 is 10.3 Å². The highest BCUT2D eigenvalue weighted by molar-refractivity contribution is 5.82. The average molecular weight is 432 g/mol. The third-order valence-electron chi connectivity index (χ3n) is 5.27. The Kier molecular flexibility index (Phi) is 6.02. The van der Waals surface area contributed by atoms with E-state index in [2.05, 4.69) is 15.1 Å². The lowest BCUT2D eigenvalue weighted by Crippen LogP contribution is -2.26. The van der Waals surface area contributed by atoms with E-state index in [0.29, 0.717) is 24.4 Å². The number of amides is 1. The lowest BCUT2D eigenvalue weighted by molar-refractivity contribution is -0.130. The van der Waals surface area contributed by atoms with Crippen LogP contribution in [0, 0.1) is 6.92 Å². The summed E-state index contributed by atoms with van der Waals surface area (Å²) in [4.78, 5) is 33.8. The van der Waals surface area contributed by atoms with Gasteiger partial charge in [-0.3, -0.25) is 9.59 Å². The first-order valence-corrected chi connectivity index (χ1v) is 10.3. The first-order valence-electron chi connectivity index (χ1n) is 10.3. The molecule has 0 fully saturated rings. The van der Waals surface area contributed by atoms with Gasteiger partial charge in [0.15, 0.2) is 0 Å². The smallest absolute Gasteiger partial charge is 0.259 e. The second-order valence-corrected chi connectivity index (χ2v) is 7.71. The molecule has 0 aliphatic rings. The summed E-state index contributed by atoms with van der Waals surface area (Å²) in [6, 6.07) is 15.1. The summed E-state index contributed by atoms with van der Waals surface area (Å²) in [5, 5.41) is 4.82. The number of rotatable bonds is 7. The number of carbonyl (C=O) groups excluding carboxylic acids is 1. The maximum atomic E-state index is 12.5. The fraction of sp³-hybridized carbons (Fsp3) is 0.250. The van der Waals surface area contributed by atoms with Crippen molar-refractivity contribution in [1.82, 2.24) is 20.0 Å². The number of nitrogens with one attached hydrogen (secondary N) is 1. The Balaban J connectivity index is 1.40. The van der Waals surface area contributed by atoms with Crippen LogP contribution >= 0.6 is 0 Å². The Morgan fingerprint density at radius 1 is 1.16 bits per heavy atom. The van der Waals surface area contributed by atoms with Gasteiger partial charge in [0.05, 0.1) is 12.7 Å². The number of hydrogen-bond donors (Lipinski definition) is 1. The predicted octanol–water partition coefficient (Wildman–Crippen LogP) is 3.49. The monoisotopic (exact) mass is 432 g/mol. The van der Waals surface area contributed by atoms with Gasteiger partial charge in [0, 0.05) is 32.0 Å². The maximum Gasteiger partial charge on any atom is 0.259 e. The number of carbonyl (C=O) groups is 1. The molecule has 2 heterocycles. The molecule has 0 saturated carbocycles. The van der Waals surface area contributed by atoms with Gasteiger partial charge in [-0.15, -0.1) is 0 Å². The first kappa shape index (κ1) is 21.3. The molecule has 0 aliphatic carbocycles. The average Bonchev–Trinajstić information content (AvgIpc) is 3.26. The standard InChI is InChI=1S/C24H24N4O4/c1-15-4-7-17-13-19(24(30)25-20(17)12-15)23-26-21(32-27-23)10-11-22(29)28(2)14-16-5-8-18(31-3)9-6-16/h4-9,12-13H,10-11,14H2,1-3H3,(H,25,30). The van der Waals surface area contributed by atoms with E-state index in [4.69, 9.17) is 9.26 Å². The molecule has 4 aromatic rings. The lowest BCUT2D eigenvalue weighted by Gasteiger charge is -2.17. The van der Waals surface area contributed by atoms with Crippen molar-refractivity contribution in [3.05, 3.63) is 75.9 Å². The van der Waals surface area contributed by atoms with Crippen molar-refractivity contribution in [1.29, 1.82) is 0 Å². The van der Waals surface area contributed by atoms with Gasteiger partial charge in [-0.05, 0) is 47.7 Å². The van der Waals surface area contributed by atoms with Crippen molar-refractivity contribution < 1.29 is 14.1 Å². The normalized spacial score (nSPS) is 11.0. The van der Waals surface area contributed by atoms with E-state index in [9.17, 15) is 9.59 Å². The summed E-state index contributed by atoms with van der Waals surface area (Å²) < 4.78 is 10.4. The van der Waals surface area contributed by atoms with Gasteiger partial charge in [0.25, 0.3) is 5.56 Å². The largest absolute Gasteiger partial charge is 0.497 e. The van der Waals surface area contributed by atoms with Gasteiger partial charge in [-0.1, -0.05) is 29.4 Å². The highest BCUT2D eigenvalue weighted by atomic mass is 16.5. The number of H-pyrrole nitrogens is 1. The minimum absolute atomic E-state index is 0.0421. The molecule has 0 radical (unpaired) electrons. The van der Waals surface area contributed by atoms with Crippen molar-refractivity contribution >= 4 is 16.8 Å². The lowest BCUT2D eigenvalue weighted by atomic mass is 10.1. The number of aromatic nitrogens is 3. The van der Waals surface area contributed by atoms with Crippen molar-refractivity contribution in [3.63, 3.8) is 0 Å². The Morgan fingerprint density at radius 3 is 2.69 bits per heavy atom. The molecular formula is C24H24N4O4. The van der Waals surface area contributed by atoms with Gasteiger partial charge in [0.2, 0.25) is 17.6 Å². The molecule has 4 rings (SSSR count). The van der Waals surface area contributed by atoms with Gasteiger partial charge in [-0.2, -0.15) is 4.98 Å². The van der Waals surface area contributed by atoms with E-state index >= 15 is 0 Å². The molecule has 1 amide bonds. The molecule has 32 heavy (non-hydrogen) atoms. The topological polar surface area (TPSA) is 101 Å². The van der Waals surface area contributed by atoms with E-state index < -0.39 is 0 Å². The quantitative estimate of drug-likeness (QED) is 0.480. The number of ether oxygens (including phenoxy) is 1. The molecular weight excluding hydrogens is 408 g/mol. The second-order valence-electron chi connectivity index (χ2n) is 7.71. The molecule has 8 heteroatoms. The molecule has 1 N–H and O–H groups in total. The number of pyridine rings is 1. The molecule has 0 spiro atoms. The van der Waals surface area contributed by atoms with Crippen LogP contribution in [0.15, 0.2) is 57.8 Å². The zero-order valence-corrected chi connectivity index (χ0v) is 18.2. The van der Waals surface area contributed by atoms with Gasteiger partial charge < -0.3 is 19.1 Å². The van der Waals surface area contributed by atoms with Crippen LogP contribution in [0.3, 0.4) is 0 Å². The maximum absolute atomic E-state index is 12.5. The molecule has 8 nitrogen and oxygen atoms in total. The van der Waals surface area contributed by atoms with Crippen molar-refractivity contribution in [2.24, 2.45) is 0 Å². The number of nitrogens with zero attached hydrogens (tertiary/aromatic N) is 3. The Hall–Kier alpha value is -3.94. The molecule has 2 aromatic carbocycles. The fourth-order valence-corrected chi connectivity index (χ4v) is 3.44. The number of benzene rings is 2. The third-order valence-corrected chi connectivity index (χ3v) is 5.27. The molecule has 2 aromatic heterocycles. The molecule has 0 atom stereocenters. The van der Waals surface area contributed by atoms with Crippen LogP contribution in [0.2, 0.25) is 0 Å². The third kappa shape index (κ3) is 4.69. The predicted molar refractivity (Wildman–Crippen MR) is 120 cm³/mol. The number of fused-ring (bicyclic) bond motifs is 1. The summed E-state index contributed by atoms with van der Waals surface area (Å²) in [6.45, 7) is 2.46. The Labute approximate surface area is 184 Å². The van der Waals surface area contributed by atoms with E-state index in [1.54, 1.807) is 25.1 Å². The van der Waals surface area contributed by atoms with Crippen LogP contribution in [0.4, 0.5) is 0 Å². The summed E-state index contributed by atoms with van der Waals surface area (Å²) >= 11 is 0. The highest BCUT2D eigenvalue weighted by Crippen LogP contribution is 2.19. The second kappa shape index (κ2) is 9.05. The van der Waals surface area contributed by atoms with Gasteiger partial charge in [0.1, 0.15) is 5.75 Å². The summed E-state index contributed by atoms with van der Waals surface area (Å²) in [6.07, 6.45) is 0.519. The van der Waals surface area contributed by atoms with Crippen molar-refractivity contribution in [2.75, 3.05) is 14.2 Å². The minimum atomic E-state index is -0.286. The van der Waals surface area contributed by atoms with Crippen molar-refractivity contribution in [2.45, 2.75) is 26.3 Å². The first-order chi connectivity index (χ1) is 15.4. The molecule has 0 bridgehead atoms. The number of hydrogen-bond acceptors (Lipinski definition) is 6. The number of aromatic amines is 1. The van der Waals surface area contributed by atoms with E-state index in [1.165, 1.54) is 0 Å². The summed E-state index contributed by atoms with van der Waals surface area (Å²) in [7, 11) is 3.37. The molecule has 164 valence electrons. The fourth-order valence-electron chi connectivity index (χ4n) is 3.44. The van der Waals surface area contributed by atoms with Gasteiger partial charge in [-0.25, -0.2) is 0 Å². The SMILES string of the molecule is COc1ccc(CN(C)C(=O)CCc2nc(-c3cc4ccc(C)cc4[nH]c3=O)no2)cc1. The van der Waals surface area contributed by atoms with E-state index in [-0.39, 0.29) is 23.7 Å². The highest BCUT2D eigenvalue weighted by Gasteiger charge is 2.16. The van der Waals surface area contributed by atoms with Crippen LogP contribution in [0.1, 0.15) is 23.4 Å². The number of aryl methyl sites for hydroxylation is 2. The van der Waals surface area contributed by atoms with Crippen LogP contribution in [-0.2, 0) is 17.8 Å². The number of methoxy groups -OCH3 is 1. The molecule has 0 unspecified atom stereocenters. The van der Waals surface area contributed by atoms with E-state index in [1.807, 2.05) is 49.4 Å². The Morgan fingerprint density at radius 2 is 1.94 bits per heavy atom. The molecule has 0 aliphatic heterocycles. The minimum Gasteiger partial charge on any atom is -0.497 e. The van der Waals surface area contributed by atoms with Crippen LogP contribution in [0.5, 0.6) is 5.75 Å². The summed E-state index contributed by atoms with van der Waals surface area (Å²) in [5.74, 6) is 1.26.